The summed E-state index contributed by atoms with van der Waals surface area (Å²) in [5.41, 5.74) is 1.21. The van der Waals surface area contributed by atoms with Gasteiger partial charge in [-0.25, -0.2) is 0 Å². The normalized spacial score (nSPS) is 15.5. The van der Waals surface area contributed by atoms with Crippen LogP contribution in [0, 0.1) is 6.92 Å². The molecule has 1 aliphatic heterocycles. The number of nitrogens with zero attached hydrogens (tertiary/aromatic N) is 2. The van der Waals surface area contributed by atoms with Crippen LogP contribution in [0.4, 0.5) is 0 Å². The molecule has 0 bridgehead atoms. The number of rotatable bonds is 6. The number of hydrogen-bond donors (Lipinski definition) is 1. The fraction of sp³-hybridized carbons (Fsp3) is 0.529. The van der Waals surface area contributed by atoms with Gasteiger partial charge in [-0.1, -0.05) is 18.2 Å². The quantitative estimate of drug-likeness (QED) is 0.798. The van der Waals surface area contributed by atoms with Crippen molar-refractivity contribution < 1.29 is 9.59 Å². The lowest BCUT2D eigenvalue weighted by Gasteiger charge is -2.34. The molecule has 0 atom stereocenters. The first-order valence-electron chi connectivity index (χ1n) is 8.05. The average molecular weight is 335 g/mol. The number of carbonyl (C=O) groups excluding carboxylic acids is 2. The Bertz CT molecular complexity index is 542. The van der Waals surface area contributed by atoms with Crippen molar-refractivity contribution in [1.29, 1.82) is 0 Å². The van der Waals surface area contributed by atoms with Crippen LogP contribution < -0.4 is 5.32 Å². The summed E-state index contributed by atoms with van der Waals surface area (Å²) in [6.07, 6.45) is 0. The zero-order chi connectivity index (χ0) is 16.7. The van der Waals surface area contributed by atoms with Gasteiger partial charge in [0, 0.05) is 37.6 Å². The van der Waals surface area contributed by atoms with E-state index in [0.29, 0.717) is 31.9 Å². The molecule has 6 heteroatoms. The molecule has 1 fully saturated rings. The van der Waals surface area contributed by atoms with Crippen molar-refractivity contribution in [3.05, 3.63) is 29.8 Å². The minimum Gasteiger partial charge on any atom is -0.355 e. The summed E-state index contributed by atoms with van der Waals surface area (Å²) in [6.45, 7) is 7.99. The Morgan fingerprint density at radius 1 is 1.17 bits per heavy atom. The van der Waals surface area contributed by atoms with Crippen molar-refractivity contribution in [1.82, 2.24) is 15.1 Å². The van der Waals surface area contributed by atoms with Crippen LogP contribution in [-0.2, 0) is 9.59 Å². The van der Waals surface area contributed by atoms with E-state index in [0.717, 1.165) is 18.0 Å². The van der Waals surface area contributed by atoms with Crippen molar-refractivity contribution in [3.63, 3.8) is 0 Å². The van der Waals surface area contributed by atoms with Gasteiger partial charge >= 0.3 is 0 Å². The lowest BCUT2D eigenvalue weighted by Crippen LogP contribution is -2.51. The minimum atomic E-state index is 0.0578. The molecule has 0 saturated carbocycles. The molecule has 0 radical (unpaired) electrons. The van der Waals surface area contributed by atoms with E-state index in [1.54, 1.807) is 11.8 Å². The lowest BCUT2D eigenvalue weighted by atomic mass is 10.2. The van der Waals surface area contributed by atoms with Crippen LogP contribution in [0.25, 0.3) is 0 Å². The smallest absolute Gasteiger partial charge is 0.234 e. The predicted molar refractivity (Wildman–Crippen MR) is 93.6 cm³/mol. The second-order valence-corrected chi connectivity index (χ2v) is 6.68. The number of benzene rings is 1. The molecule has 0 unspecified atom stereocenters. The summed E-state index contributed by atoms with van der Waals surface area (Å²) in [5.74, 6) is 0.708. The lowest BCUT2D eigenvalue weighted by molar-refractivity contribution is -0.130. The van der Waals surface area contributed by atoms with Crippen molar-refractivity contribution in [2.45, 2.75) is 18.7 Å². The molecule has 2 amide bonds. The third-order valence-electron chi connectivity index (χ3n) is 3.91. The molecule has 0 aliphatic carbocycles. The highest BCUT2D eigenvalue weighted by Gasteiger charge is 2.22. The van der Waals surface area contributed by atoms with Crippen LogP contribution in [-0.4, -0.2) is 66.6 Å². The van der Waals surface area contributed by atoms with E-state index in [-0.39, 0.29) is 11.8 Å². The topological polar surface area (TPSA) is 52.7 Å². The fourth-order valence-electron chi connectivity index (χ4n) is 2.56. The maximum atomic E-state index is 12.3. The van der Waals surface area contributed by atoms with E-state index in [4.69, 9.17) is 0 Å². The predicted octanol–water partition coefficient (Wildman–Crippen LogP) is 1.37. The third-order valence-corrected chi connectivity index (χ3v) is 5.07. The zero-order valence-electron chi connectivity index (χ0n) is 13.9. The molecular formula is C17H25N3O2S. The number of likely N-dealkylation sites (N-methyl/N-ethyl adjacent to an activating group) is 1. The highest BCUT2D eigenvalue weighted by molar-refractivity contribution is 8.00. The zero-order valence-corrected chi connectivity index (χ0v) is 14.7. The Morgan fingerprint density at radius 3 is 2.52 bits per heavy atom. The number of hydrogen-bond acceptors (Lipinski definition) is 4. The first-order valence-corrected chi connectivity index (χ1v) is 9.04. The fourth-order valence-corrected chi connectivity index (χ4v) is 3.49. The van der Waals surface area contributed by atoms with Crippen LogP contribution in [0.2, 0.25) is 0 Å². The van der Waals surface area contributed by atoms with Gasteiger partial charge in [0.25, 0.3) is 0 Å². The van der Waals surface area contributed by atoms with Crippen LogP contribution in [0.3, 0.4) is 0 Å². The van der Waals surface area contributed by atoms with Crippen molar-refractivity contribution >= 4 is 23.6 Å². The summed E-state index contributed by atoms with van der Waals surface area (Å²) < 4.78 is 0. The van der Waals surface area contributed by atoms with E-state index in [1.807, 2.05) is 24.0 Å². The second kappa shape index (κ2) is 8.93. The van der Waals surface area contributed by atoms with E-state index in [1.165, 1.54) is 5.56 Å². The van der Waals surface area contributed by atoms with Gasteiger partial charge in [-0.3, -0.25) is 14.5 Å². The maximum Gasteiger partial charge on any atom is 0.234 e. The molecule has 1 N–H and O–H groups in total. The van der Waals surface area contributed by atoms with Gasteiger partial charge in [0.1, 0.15) is 0 Å². The highest BCUT2D eigenvalue weighted by atomic mass is 32.2. The summed E-state index contributed by atoms with van der Waals surface area (Å²) >= 11 is 1.60. The number of amides is 2. The number of piperazine rings is 1. The molecule has 1 aromatic carbocycles. The van der Waals surface area contributed by atoms with Gasteiger partial charge < -0.3 is 10.2 Å². The van der Waals surface area contributed by atoms with Crippen LogP contribution in [0.15, 0.2) is 29.2 Å². The van der Waals surface area contributed by atoms with E-state index < -0.39 is 0 Å². The van der Waals surface area contributed by atoms with E-state index in [2.05, 4.69) is 29.3 Å². The molecule has 0 aromatic heterocycles. The van der Waals surface area contributed by atoms with Gasteiger partial charge in [-0.15, -0.1) is 11.8 Å². The minimum absolute atomic E-state index is 0.0578. The number of carbonyl (C=O) groups is 2. The van der Waals surface area contributed by atoms with E-state index in [9.17, 15) is 9.59 Å². The first-order chi connectivity index (χ1) is 11.1. The molecule has 0 spiro atoms. The molecule has 126 valence electrons. The SMILES string of the molecule is CCNC(=O)CN1CCN(C(=O)CSc2ccccc2C)CC1. The van der Waals surface area contributed by atoms with E-state index >= 15 is 0 Å². The molecule has 1 aliphatic rings. The van der Waals surface area contributed by atoms with Gasteiger partial charge in [-0.05, 0) is 25.5 Å². The average Bonchev–Trinajstić information content (AvgIpc) is 2.55. The van der Waals surface area contributed by atoms with Crippen LogP contribution in [0.1, 0.15) is 12.5 Å². The number of aryl methyl sites for hydroxylation is 1. The van der Waals surface area contributed by atoms with Crippen LogP contribution in [0.5, 0.6) is 0 Å². The Hall–Kier alpha value is -1.53. The van der Waals surface area contributed by atoms with Crippen molar-refractivity contribution in [2.24, 2.45) is 0 Å². The first kappa shape index (κ1) is 17.8. The Morgan fingerprint density at radius 2 is 1.87 bits per heavy atom. The monoisotopic (exact) mass is 335 g/mol. The Balaban J connectivity index is 1.73. The third kappa shape index (κ3) is 5.55. The Kier molecular flexibility index (Phi) is 6.92. The highest BCUT2D eigenvalue weighted by Crippen LogP contribution is 2.22. The summed E-state index contributed by atoms with van der Waals surface area (Å²) in [6, 6.07) is 8.12. The molecule has 1 saturated heterocycles. The summed E-state index contributed by atoms with van der Waals surface area (Å²) in [4.78, 5) is 29.1. The van der Waals surface area contributed by atoms with Crippen molar-refractivity contribution in [3.8, 4) is 0 Å². The van der Waals surface area contributed by atoms with Gasteiger partial charge in [-0.2, -0.15) is 0 Å². The van der Waals surface area contributed by atoms with Gasteiger partial charge in [0.15, 0.2) is 0 Å². The van der Waals surface area contributed by atoms with Crippen LogP contribution >= 0.6 is 11.8 Å². The molecule has 1 heterocycles. The molecule has 23 heavy (non-hydrogen) atoms. The largest absolute Gasteiger partial charge is 0.355 e. The summed E-state index contributed by atoms with van der Waals surface area (Å²) in [7, 11) is 0. The van der Waals surface area contributed by atoms with Crippen molar-refractivity contribution in [2.75, 3.05) is 45.0 Å². The Labute approximate surface area is 142 Å². The number of thioether (sulfide) groups is 1. The van der Waals surface area contributed by atoms with Gasteiger partial charge in [0.05, 0.1) is 12.3 Å². The molecule has 5 nitrogen and oxygen atoms in total. The maximum absolute atomic E-state index is 12.3. The molecular weight excluding hydrogens is 310 g/mol. The molecule has 2 rings (SSSR count). The molecule has 1 aromatic rings. The second-order valence-electron chi connectivity index (χ2n) is 5.66. The van der Waals surface area contributed by atoms with Gasteiger partial charge in [0.2, 0.25) is 11.8 Å². The summed E-state index contributed by atoms with van der Waals surface area (Å²) in [5, 5.41) is 2.81. The standard InChI is InChI=1S/C17H25N3O2S/c1-3-18-16(21)12-19-8-10-20(11-9-19)17(22)13-23-15-7-5-4-6-14(15)2/h4-7H,3,8-13H2,1-2H3,(H,18,21). The number of nitrogens with one attached hydrogen (secondary N) is 1.